The van der Waals surface area contributed by atoms with Crippen LogP contribution in [-0.2, 0) is 4.74 Å². The van der Waals surface area contributed by atoms with Gasteiger partial charge in [0.2, 0.25) is 0 Å². The largest absolute Gasteiger partial charge is 0.493 e. The zero-order valence-electron chi connectivity index (χ0n) is 18.4. The molecule has 0 saturated carbocycles. The smallest absolute Gasteiger partial charge is 0.411 e. The Balaban J connectivity index is 1.43. The number of ether oxygens (including phenoxy) is 3. The molecule has 170 valence electrons. The fourth-order valence-corrected chi connectivity index (χ4v) is 5.08. The number of nitrogens with zero attached hydrogens (tertiary/aromatic N) is 2. The van der Waals surface area contributed by atoms with Gasteiger partial charge in [-0.3, -0.25) is 9.69 Å². The minimum atomic E-state index is -0.279. The second-order valence-electron chi connectivity index (χ2n) is 8.07. The minimum Gasteiger partial charge on any atom is -0.493 e. The molecule has 0 spiro atoms. The predicted octanol–water partition coefficient (Wildman–Crippen LogP) is 4.65. The van der Waals surface area contributed by atoms with E-state index in [0.717, 1.165) is 5.56 Å². The van der Waals surface area contributed by atoms with Gasteiger partial charge >= 0.3 is 6.09 Å². The Morgan fingerprint density at radius 2 is 1.69 bits per heavy atom. The Hall–Kier alpha value is -2.74. The number of carbonyl (C=O) groups excluding carboxylic acids is 2. The first-order chi connectivity index (χ1) is 15.4. The SMILES string of the molecule is COc1cc(Br)c(C(=O)N2CCC(N3C(=O)OC(c4ccccc4)C3C)CC2)cc1OC. The number of cyclic esters (lactones) is 1. The van der Waals surface area contributed by atoms with E-state index in [1.807, 2.05) is 47.1 Å². The molecule has 2 aliphatic rings. The summed E-state index contributed by atoms with van der Waals surface area (Å²) in [7, 11) is 3.10. The Labute approximate surface area is 196 Å². The molecule has 2 heterocycles. The van der Waals surface area contributed by atoms with Gasteiger partial charge in [0, 0.05) is 23.6 Å². The summed E-state index contributed by atoms with van der Waals surface area (Å²) in [6, 6.07) is 13.3. The van der Waals surface area contributed by atoms with E-state index in [4.69, 9.17) is 14.2 Å². The number of benzene rings is 2. The Bertz CT molecular complexity index is 991. The van der Waals surface area contributed by atoms with Gasteiger partial charge in [-0.1, -0.05) is 30.3 Å². The van der Waals surface area contributed by atoms with Gasteiger partial charge in [-0.15, -0.1) is 0 Å². The van der Waals surface area contributed by atoms with Crippen LogP contribution in [0.2, 0.25) is 0 Å². The maximum absolute atomic E-state index is 13.2. The molecule has 2 amide bonds. The van der Waals surface area contributed by atoms with Gasteiger partial charge in [0.1, 0.15) is 6.10 Å². The molecule has 2 unspecified atom stereocenters. The van der Waals surface area contributed by atoms with Gasteiger partial charge in [-0.05, 0) is 53.4 Å². The third kappa shape index (κ3) is 4.16. The Morgan fingerprint density at radius 1 is 1.06 bits per heavy atom. The van der Waals surface area contributed by atoms with E-state index in [0.29, 0.717) is 47.5 Å². The van der Waals surface area contributed by atoms with Crippen LogP contribution < -0.4 is 9.47 Å². The summed E-state index contributed by atoms with van der Waals surface area (Å²) in [6.45, 7) is 3.16. The fourth-order valence-electron chi connectivity index (χ4n) is 4.59. The number of halogens is 1. The van der Waals surface area contributed by atoms with Gasteiger partial charge in [0.05, 0.1) is 25.8 Å². The highest BCUT2D eigenvalue weighted by Gasteiger charge is 2.44. The molecule has 2 fully saturated rings. The first-order valence-electron chi connectivity index (χ1n) is 10.7. The number of hydrogen-bond acceptors (Lipinski definition) is 5. The average molecular weight is 503 g/mol. The third-order valence-corrected chi connectivity index (χ3v) is 6.95. The van der Waals surface area contributed by atoms with Crippen molar-refractivity contribution in [1.82, 2.24) is 9.80 Å². The van der Waals surface area contributed by atoms with Gasteiger partial charge < -0.3 is 19.1 Å². The highest BCUT2D eigenvalue weighted by atomic mass is 79.9. The maximum Gasteiger partial charge on any atom is 0.411 e. The molecule has 2 atom stereocenters. The monoisotopic (exact) mass is 502 g/mol. The molecule has 32 heavy (non-hydrogen) atoms. The highest BCUT2D eigenvalue weighted by Crippen LogP contribution is 2.37. The normalized spacial score (nSPS) is 21.4. The number of likely N-dealkylation sites (tertiary alicyclic amines) is 1. The van der Waals surface area contributed by atoms with Crippen molar-refractivity contribution in [3.8, 4) is 11.5 Å². The zero-order chi connectivity index (χ0) is 22.8. The second-order valence-corrected chi connectivity index (χ2v) is 8.93. The molecule has 0 aliphatic carbocycles. The molecular weight excluding hydrogens is 476 g/mol. The fraction of sp³-hybridized carbons (Fsp3) is 0.417. The molecule has 0 aromatic heterocycles. The number of hydrogen-bond donors (Lipinski definition) is 0. The third-order valence-electron chi connectivity index (χ3n) is 6.29. The maximum atomic E-state index is 13.2. The van der Waals surface area contributed by atoms with Crippen LogP contribution in [0.5, 0.6) is 11.5 Å². The minimum absolute atomic E-state index is 0.0455. The molecule has 8 heteroatoms. The summed E-state index contributed by atoms with van der Waals surface area (Å²) in [5, 5.41) is 0. The lowest BCUT2D eigenvalue weighted by Crippen LogP contribution is -2.49. The summed E-state index contributed by atoms with van der Waals surface area (Å²) in [5.74, 6) is 0.995. The predicted molar refractivity (Wildman–Crippen MR) is 123 cm³/mol. The summed E-state index contributed by atoms with van der Waals surface area (Å²) < 4.78 is 17.0. The van der Waals surface area contributed by atoms with Crippen molar-refractivity contribution in [3.05, 3.63) is 58.1 Å². The molecule has 0 radical (unpaired) electrons. The summed E-state index contributed by atoms with van der Waals surface area (Å²) in [5.41, 5.74) is 1.53. The second kappa shape index (κ2) is 9.40. The van der Waals surface area contributed by atoms with E-state index < -0.39 is 0 Å². The van der Waals surface area contributed by atoms with Gasteiger partial charge in [-0.25, -0.2) is 4.79 Å². The molecule has 7 nitrogen and oxygen atoms in total. The van der Waals surface area contributed by atoms with E-state index in [9.17, 15) is 9.59 Å². The molecule has 4 rings (SSSR count). The molecule has 2 aromatic carbocycles. The van der Waals surface area contributed by atoms with Crippen LogP contribution >= 0.6 is 15.9 Å². The zero-order valence-corrected chi connectivity index (χ0v) is 20.0. The lowest BCUT2D eigenvalue weighted by molar-refractivity contribution is 0.0639. The van der Waals surface area contributed by atoms with E-state index in [-0.39, 0.29) is 30.2 Å². The van der Waals surface area contributed by atoms with Crippen LogP contribution in [0.25, 0.3) is 0 Å². The number of carbonyl (C=O) groups is 2. The number of piperidine rings is 1. The number of rotatable bonds is 5. The molecule has 2 aliphatic heterocycles. The summed E-state index contributed by atoms with van der Waals surface area (Å²) in [4.78, 5) is 29.5. The van der Waals surface area contributed by atoms with Crippen LogP contribution in [0.1, 0.15) is 41.8 Å². The summed E-state index contributed by atoms with van der Waals surface area (Å²) in [6.07, 6.45) is 0.861. The molecular formula is C24H27BrN2O5. The van der Waals surface area contributed by atoms with E-state index >= 15 is 0 Å². The lowest BCUT2D eigenvalue weighted by Gasteiger charge is -2.37. The van der Waals surface area contributed by atoms with Gasteiger partial charge in [0.25, 0.3) is 5.91 Å². The Kier molecular flexibility index (Phi) is 6.60. The average Bonchev–Trinajstić information content (AvgIpc) is 3.12. The van der Waals surface area contributed by atoms with Crippen molar-refractivity contribution < 1.29 is 23.8 Å². The first-order valence-corrected chi connectivity index (χ1v) is 11.5. The van der Waals surface area contributed by atoms with Crippen molar-refractivity contribution in [2.24, 2.45) is 0 Å². The van der Waals surface area contributed by atoms with Crippen molar-refractivity contribution >= 4 is 27.9 Å². The summed E-state index contributed by atoms with van der Waals surface area (Å²) >= 11 is 3.48. The van der Waals surface area contributed by atoms with E-state index in [2.05, 4.69) is 15.9 Å². The quantitative estimate of drug-likeness (QED) is 0.594. The molecule has 2 saturated heterocycles. The van der Waals surface area contributed by atoms with Crippen molar-refractivity contribution in [3.63, 3.8) is 0 Å². The van der Waals surface area contributed by atoms with Crippen molar-refractivity contribution in [2.75, 3.05) is 27.3 Å². The topological polar surface area (TPSA) is 68.3 Å². The first kappa shape index (κ1) is 22.5. The standard InChI is InChI=1S/C24H27BrN2O5/c1-15-22(16-7-5-4-6-8-16)32-24(29)27(15)17-9-11-26(12-10-17)23(28)18-13-20(30-2)21(31-3)14-19(18)25/h4-8,13-15,17,22H,9-12H2,1-3H3. The molecule has 2 aromatic rings. The van der Waals surface area contributed by atoms with Crippen LogP contribution in [0.3, 0.4) is 0 Å². The number of amides is 2. The lowest BCUT2D eigenvalue weighted by atomic mass is 9.98. The van der Waals surface area contributed by atoms with E-state index in [1.54, 1.807) is 26.4 Å². The molecule has 0 bridgehead atoms. The van der Waals surface area contributed by atoms with Gasteiger partial charge in [0.15, 0.2) is 11.5 Å². The van der Waals surface area contributed by atoms with E-state index in [1.165, 1.54) is 0 Å². The van der Waals surface area contributed by atoms with Crippen LogP contribution in [0, 0.1) is 0 Å². The van der Waals surface area contributed by atoms with Crippen molar-refractivity contribution in [2.45, 2.75) is 38.0 Å². The van der Waals surface area contributed by atoms with Crippen molar-refractivity contribution in [1.29, 1.82) is 0 Å². The van der Waals surface area contributed by atoms with Crippen LogP contribution in [0.15, 0.2) is 46.9 Å². The Morgan fingerprint density at radius 3 is 2.31 bits per heavy atom. The van der Waals surface area contributed by atoms with Gasteiger partial charge in [-0.2, -0.15) is 0 Å². The molecule has 0 N–H and O–H groups in total. The highest BCUT2D eigenvalue weighted by molar-refractivity contribution is 9.10. The number of methoxy groups -OCH3 is 2. The van der Waals surface area contributed by atoms with Crippen LogP contribution in [0.4, 0.5) is 4.79 Å². The van der Waals surface area contributed by atoms with Crippen LogP contribution in [-0.4, -0.2) is 61.2 Å².